The minimum absolute atomic E-state index is 0.0559. The first-order valence-corrected chi connectivity index (χ1v) is 13.0. The lowest BCUT2D eigenvalue weighted by Gasteiger charge is -2.27. The minimum Gasteiger partial charge on any atom is -0.326 e. The fourth-order valence-electron chi connectivity index (χ4n) is 3.94. The summed E-state index contributed by atoms with van der Waals surface area (Å²) in [6.07, 6.45) is -0.351. The maximum Gasteiger partial charge on any atom is 0.252 e. The number of carbonyl (C=O) groups excluding carboxylic acids is 3. The predicted molar refractivity (Wildman–Crippen MR) is 137 cm³/mol. The number of hydrogen-bond acceptors (Lipinski definition) is 5. The van der Waals surface area contributed by atoms with Crippen molar-refractivity contribution in [1.29, 1.82) is 0 Å². The molecular weight excluding hydrogens is 525 g/mol. The topological polar surface area (TPSA) is 104 Å². The summed E-state index contributed by atoms with van der Waals surface area (Å²) in [7, 11) is -4.35. The number of nitrogens with zero attached hydrogens (tertiary/aromatic N) is 2. The molecule has 1 saturated heterocycles. The van der Waals surface area contributed by atoms with Gasteiger partial charge in [-0.3, -0.25) is 14.4 Å². The van der Waals surface area contributed by atoms with Crippen molar-refractivity contribution in [3.63, 3.8) is 0 Å². The maximum atomic E-state index is 13.8. The Morgan fingerprint density at radius 1 is 1.03 bits per heavy atom. The molecule has 0 aromatic heterocycles. The molecule has 1 N–H and O–H groups in total. The van der Waals surface area contributed by atoms with Gasteiger partial charge in [-0.2, -0.15) is 4.31 Å². The van der Waals surface area contributed by atoms with Crippen LogP contribution in [0.4, 0.5) is 11.4 Å². The molecule has 0 aliphatic carbocycles. The Balaban J connectivity index is 1.73. The molecule has 1 heterocycles. The average molecular weight is 546 g/mol. The van der Waals surface area contributed by atoms with Gasteiger partial charge in [0.05, 0.1) is 17.1 Å². The van der Waals surface area contributed by atoms with Crippen molar-refractivity contribution in [3.05, 3.63) is 88.4 Å². The molecule has 4 rings (SSSR count). The molecule has 1 aliphatic rings. The number of benzene rings is 3. The molecule has 1 fully saturated rings. The predicted octanol–water partition coefficient (Wildman–Crippen LogP) is 4.47. The zero-order chi connectivity index (χ0) is 26.0. The van der Waals surface area contributed by atoms with Gasteiger partial charge >= 0.3 is 0 Å². The van der Waals surface area contributed by atoms with Crippen LogP contribution in [0, 0.1) is 0 Å². The van der Waals surface area contributed by atoms with Gasteiger partial charge in [0.25, 0.3) is 5.91 Å². The Labute approximate surface area is 218 Å². The summed E-state index contributed by atoms with van der Waals surface area (Å²) in [4.78, 5) is 38.4. The van der Waals surface area contributed by atoms with E-state index in [2.05, 4.69) is 5.32 Å². The van der Waals surface area contributed by atoms with E-state index < -0.39 is 27.9 Å². The normalized spacial score (nSPS) is 16.0. The summed E-state index contributed by atoms with van der Waals surface area (Å²) in [6.45, 7) is 1.20. The Hall–Kier alpha value is -3.24. The summed E-state index contributed by atoms with van der Waals surface area (Å²) in [5.74, 6) is -1.51. The highest BCUT2D eigenvalue weighted by molar-refractivity contribution is 7.89. The summed E-state index contributed by atoms with van der Waals surface area (Å²) in [5.41, 5.74) is 1.38. The lowest BCUT2D eigenvalue weighted by Crippen LogP contribution is -2.45. The monoisotopic (exact) mass is 545 g/mol. The number of halogens is 2. The first-order valence-electron chi connectivity index (χ1n) is 10.8. The van der Waals surface area contributed by atoms with Crippen LogP contribution in [0.3, 0.4) is 0 Å². The van der Waals surface area contributed by atoms with Crippen LogP contribution in [-0.4, -0.2) is 36.5 Å². The molecule has 11 heteroatoms. The number of sulfonamides is 1. The Bertz CT molecular complexity index is 1430. The van der Waals surface area contributed by atoms with Crippen molar-refractivity contribution in [2.24, 2.45) is 0 Å². The van der Waals surface area contributed by atoms with E-state index in [4.69, 9.17) is 23.2 Å². The molecule has 3 aromatic rings. The highest BCUT2D eigenvalue weighted by atomic mass is 35.5. The van der Waals surface area contributed by atoms with E-state index in [0.717, 1.165) is 9.21 Å². The van der Waals surface area contributed by atoms with E-state index in [0.29, 0.717) is 11.3 Å². The van der Waals surface area contributed by atoms with Crippen LogP contribution in [0.15, 0.2) is 77.7 Å². The molecule has 186 valence electrons. The number of carbonyl (C=O) groups is 3. The zero-order valence-corrected chi connectivity index (χ0v) is 21.3. The van der Waals surface area contributed by atoms with E-state index in [1.807, 2.05) is 0 Å². The van der Waals surface area contributed by atoms with Gasteiger partial charge in [-0.15, -0.1) is 0 Å². The van der Waals surface area contributed by atoms with Gasteiger partial charge in [-0.1, -0.05) is 53.5 Å². The quantitative estimate of drug-likeness (QED) is 0.441. The molecule has 0 bridgehead atoms. The van der Waals surface area contributed by atoms with Crippen LogP contribution >= 0.6 is 23.2 Å². The number of amides is 3. The van der Waals surface area contributed by atoms with Gasteiger partial charge in [-0.25, -0.2) is 13.3 Å². The van der Waals surface area contributed by atoms with Crippen LogP contribution < -0.4 is 10.2 Å². The van der Waals surface area contributed by atoms with Crippen molar-refractivity contribution in [2.45, 2.75) is 30.8 Å². The van der Waals surface area contributed by atoms with Crippen LogP contribution in [0.5, 0.6) is 0 Å². The second kappa shape index (κ2) is 10.4. The Morgan fingerprint density at radius 3 is 2.33 bits per heavy atom. The maximum absolute atomic E-state index is 13.8. The van der Waals surface area contributed by atoms with E-state index in [-0.39, 0.29) is 39.5 Å². The largest absolute Gasteiger partial charge is 0.326 e. The van der Waals surface area contributed by atoms with Gasteiger partial charge in [0.2, 0.25) is 21.8 Å². The molecule has 0 saturated carbocycles. The molecule has 1 aliphatic heterocycles. The SMILES string of the molecule is CC(=O)Nc1ccc(N2C(=O)CC(N(Cc3ccccc3)S(=O)(=O)c3cc(Cl)ccc3Cl)C2=O)cc1. The van der Waals surface area contributed by atoms with Crippen LogP contribution in [0.2, 0.25) is 10.0 Å². The number of hydrogen-bond donors (Lipinski definition) is 1. The average Bonchev–Trinajstić information content (AvgIpc) is 3.13. The summed E-state index contributed by atoms with van der Waals surface area (Å²) >= 11 is 12.3. The van der Waals surface area contributed by atoms with Gasteiger partial charge < -0.3 is 5.32 Å². The third-order valence-electron chi connectivity index (χ3n) is 5.58. The molecule has 36 heavy (non-hydrogen) atoms. The highest BCUT2D eigenvalue weighted by Gasteiger charge is 2.47. The number of imide groups is 1. The molecule has 0 radical (unpaired) electrons. The first kappa shape index (κ1) is 25.8. The highest BCUT2D eigenvalue weighted by Crippen LogP contribution is 2.34. The van der Waals surface area contributed by atoms with Crippen molar-refractivity contribution in [3.8, 4) is 0 Å². The third-order valence-corrected chi connectivity index (χ3v) is 8.15. The standard InChI is InChI=1S/C25H21Cl2N3O5S/c1-16(31)28-19-8-10-20(11-9-19)30-24(32)14-22(25(30)33)29(15-17-5-3-2-4-6-17)36(34,35)23-13-18(26)7-12-21(23)27/h2-13,22H,14-15H2,1H3,(H,28,31). The number of anilines is 2. The third kappa shape index (κ3) is 5.29. The van der Waals surface area contributed by atoms with E-state index in [9.17, 15) is 22.8 Å². The van der Waals surface area contributed by atoms with Gasteiger partial charge in [-0.05, 0) is 48.0 Å². The van der Waals surface area contributed by atoms with Gasteiger partial charge in [0.1, 0.15) is 10.9 Å². The first-order chi connectivity index (χ1) is 17.1. The van der Waals surface area contributed by atoms with Gasteiger partial charge in [0, 0.05) is 24.2 Å². The van der Waals surface area contributed by atoms with Crippen molar-refractivity contribution in [1.82, 2.24) is 4.31 Å². The van der Waals surface area contributed by atoms with E-state index in [1.54, 1.807) is 42.5 Å². The van der Waals surface area contributed by atoms with Crippen molar-refractivity contribution >= 4 is 62.3 Å². The molecule has 1 atom stereocenters. The molecule has 3 aromatic carbocycles. The molecular formula is C25H21Cl2N3O5S. The molecule has 8 nitrogen and oxygen atoms in total. The van der Waals surface area contributed by atoms with Crippen LogP contribution in [0.25, 0.3) is 0 Å². The Morgan fingerprint density at radius 2 is 1.69 bits per heavy atom. The molecule has 0 spiro atoms. The smallest absolute Gasteiger partial charge is 0.252 e. The second-order valence-corrected chi connectivity index (χ2v) is 10.8. The fraction of sp³-hybridized carbons (Fsp3) is 0.160. The van der Waals surface area contributed by atoms with Crippen LogP contribution in [-0.2, 0) is 31.0 Å². The van der Waals surface area contributed by atoms with E-state index >= 15 is 0 Å². The molecule has 3 amide bonds. The minimum atomic E-state index is -4.35. The van der Waals surface area contributed by atoms with Crippen molar-refractivity contribution in [2.75, 3.05) is 10.2 Å². The summed E-state index contributed by atoms with van der Waals surface area (Å²) < 4.78 is 28.6. The number of rotatable bonds is 7. The Kier molecular flexibility index (Phi) is 7.46. The molecule has 1 unspecified atom stereocenters. The second-order valence-electron chi connectivity index (χ2n) is 8.13. The van der Waals surface area contributed by atoms with Crippen molar-refractivity contribution < 1.29 is 22.8 Å². The zero-order valence-electron chi connectivity index (χ0n) is 19.0. The number of nitrogens with one attached hydrogen (secondary N) is 1. The summed E-state index contributed by atoms with van der Waals surface area (Å²) in [5, 5.41) is 2.71. The van der Waals surface area contributed by atoms with Crippen LogP contribution in [0.1, 0.15) is 18.9 Å². The lowest BCUT2D eigenvalue weighted by molar-refractivity contribution is -0.122. The fourth-order valence-corrected chi connectivity index (χ4v) is 6.25. The summed E-state index contributed by atoms with van der Waals surface area (Å²) in [6, 6.07) is 17.6. The van der Waals surface area contributed by atoms with Gasteiger partial charge in [0.15, 0.2) is 0 Å². The van der Waals surface area contributed by atoms with E-state index in [1.165, 1.54) is 37.3 Å². The lowest BCUT2D eigenvalue weighted by atomic mass is 10.2.